The van der Waals surface area contributed by atoms with Gasteiger partial charge in [0.1, 0.15) is 0 Å². The number of nitrogens with two attached hydrogens (primary N) is 1. The topological polar surface area (TPSA) is 48.0 Å². The van der Waals surface area contributed by atoms with Gasteiger partial charge in [0.15, 0.2) is 17.5 Å². The Kier molecular flexibility index (Phi) is 4.57. The zero-order chi connectivity index (χ0) is 20.9. The van der Waals surface area contributed by atoms with Crippen molar-refractivity contribution < 1.29 is 18.0 Å². The van der Waals surface area contributed by atoms with E-state index in [1.807, 2.05) is 18.2 Å². The summed E-state index contributed by atoms with van der Waals surface area (Å²) in [6, 6.07) is 13.2. The van der Waals surface area contributed by atoms with Crippen LogP contribution in [-0.4, -0.2) is 10.5 Å². The molecule has 0 aliphatic heterocycles. The van der Waals surface area contributed by atoms with Gasteiger partial charge in [-0.1, -0.05) is 38.1 Å². The predicted molar refractivity (Wildman–Crippen MR) is 107 cm³/mol. The van der Waals surface area contributed by atoms with Crippen LogP contribution >= 0.6 is 0 Å². The molecule has 2 N–H and O–H groups in total. The van der Waals surface area contributed by atoms with Crippen LogP contribution in [0.2, 0.25) is 0 Å². The fourth-order valence-electron chi connectivity index (χ4n) is 3.75. The Morgan fingerprint density at radius 2 is 1.76 bits per heavy atom. The van der Waals surface area contributed by atoms with Crippen LogP contribution in [0.5, 0.6) is 0 Å². The van der Waals surface area contributed by atoms with E-state index in [9.17, 15) is 18.0 Å². The Balaban J connectivity index is 2.05. The molecule has 0 spiro atoms. The van der Waals surface area contributed by atoms with Crippen molar-refractivity contribution in [1.82, 2.24) is 4.57 Å². The third-order valence-corrected chi connectivity index (χ3v) is 5.29. The van der Waals surface area contributed by atoms with E-state index in [0.29, 0.717) is 16.5 Å². The molecule has 3 aromatic carbocycles. The number of hydrogen-bond acceptors (Lipinski definition) is 1. The van der Waals surface area contributed by atoms with Crippen LogP contribution < -0.4 is 5.73 Å². The highest BCUT2D eigenvalue weighted by Crippen LogP contribution is 2.34. The number of fused-ring (bicyclic) bond motifs is 3. The van der Waals surface area contributed by atoms with Gasteiger partial charge in [0.25, 0.3) is 0 Å². The monoisotopic (exact) mass is 396 g/mol. The van der Waals surface area contributed by atoms with E-state index in [0.717, 1.165) is 22.5 Å². The molecule has 4 rings (SSSR count). The quantitative estimate of drug-likeness (QED) is 0.456. The highest BCUT2D eigenvalue weighted by molar-refractivity contribution is 6.18. The fraction of sp³-hybridized carbons (Fsp3) is 0.174. The number of hydrogen-bond donors (Lipinski definition) is 1. The molecule has 6 heteroatoms. The van der Waals surface area contributed by atoms with Gasteiger partial charge in [-0.15, -0.1) is 0 Å². The lowest BCUT2D eigenvalue weighted by Gasteiger charge is -2.11. The van der Waals surface area contributed by atoms with Crippen molar-refractivity contribution in [2.24, 2.45) is 5.73 Å². The zero-order valence-electron chi connectivity index (χ0n) is 16.0. The summed E-state index contributed by atoms with van der Waals surface area (Å²) >= 11 is 0. The molecule has 0 atom stereocenters. The highest BCUT2D eigenvalue weighted by Gasteiger charge is 2.20. The zero-order valence-corrected chi connectivity index (χ0v) is 16.0. The Morgan fingerprint density at radius 3 is 2.45 bits per heavy atom. The standard InChI is InChI=1S/C23H19F3N2O/c1-12(2)13-6-8-15-19(10-13)28(11-14-7-9-17(24)22(26)21(14)25)18-5-3-4-16(20(15)18)23(27)29/h3-10,12H,11H2,1-2H3,(H2,27,29). The highest BCUT2D eigenvalue weighted by atomic mass is 19.2. The molecule has 0 fully saturated rings. The first-order chi connectivity index (χ1) is 13.8. The molecule has 0 aliphatic carbocycles. The number of amides is 1. The molecule has 0 bridgehead atoms. The van der Waals surface area contributed by atoms with Crippen LogP contribution in [0.15, 0.2) is 48.5 Å². The van der Waals surface area contributed by atoms with Crippen molar-refractivity contribution >= 4 is 27.7 Å². The van der Waals surface area contributed by atoms with Gasteiger partial charge in [-0.25, -0.2) is 13.2 Å². The molecule has 0 saturated heterocycles. The van der Waals surface area contributed by atoms with Crippen molar-refractivity contribution in [3.05, 3.63) is 82.7 Å². The number of aromatic nitrogens is 1. The van der Waals surface area contributed by atoms with E-state index >= 15 is 0 Å². The van der Waals surface area contributed by atoms with Gasteiger partial charge in [-0.2, -0.15) is 0 Å². The largest absolute Gasteiger partial charge is 0.366 e. The number of benzene rings is 3. The second-order valence-electron chi connectivity index (χ2n) is 7.42. The number of primary amides is 1. The van der Waals surface area contributed by atoms with Gasteiger partial charge in [0, 0.05) is 27.4 Å². The first-order valence-electron chi connectivity index (χ1n) is 9.26. The lowest BCUT2D eigenvalue weighted by molar-refractivity contribution is 0.100. The maximum absolute atomic E-state index is 14.4. The average Bonchev–Trinajstić information content (AvgIpc) is 3.01. The van der Waals surface area contributed by atoms with Gasteiger partial charge in [0.05, 0.1) is 12.1 Å². The van der Waals surface area contributed by atoms with Crippen molar-refractivity contribution in [3.63, 3.8) is 0 Å². The Morgan fingerprint density at radius 1 is 1.00 bits per heavy atom. The van der Waals surface area contributed by atoms with E-state index in [-0.39, 0.29) is 18.0 Å². The summed E-state index contributed by atoms with van der Waals surface area (Å²) in [5.41, 5.74) is 8.44. The fourth-order valence-corrected chi connectivity index (χ4v) is 3.75. The normalized spacial score (nSPS) is 11.7. The second kappa shape index (κ2) is 6.95. The predicted octanol–water partition coefficient (Wildman–Crippen LogP) is 5.48. The molecule has 1 aromatic heterocycles. The summed E-state index contributed by atoms with van der Waals surface area (Å²) < 4.78 is 43.3. The van der Waals surface area contributed by atoms with Gasteiger partial charge >= 0.3 is 0 Å². The van der Waals surface area contributed by atoms with Crippen molar-refractivity contribution in [2.75, 3.05) is 0 Å². The summed E-state index contributed by atoms with van der Waals surface area (Å²) in [6.07, 6.45) is 0. The summed E-state index contributed by atoms with van der Waals surface area (Å²) in [5, 5.41) is 1.45. The lowest BCUT2D eigenvalue weighted by Crippen LogP contribution is -2.11. The maximum Gasteiger partial charge on any atom is 0.249 e. The minimum Gasteiger partial charge on any atom is -0.366 e. The second-order valence-corrected chi connectivity index (χ2v) is 7.42. The summed E-state index contributed by atoms with van der Waals surface area (Å²) in [6.45, 7) is 4.09. The smallest absolute Gasteiger partial charge is 0.249 e. The number of halogens is 3. The molecule has 148 valence electrons. The number of rotatable bonds is 4. The van der Waals surface area contributed by atoms with E-state index in [2.05, 4.69) is 13.8 Å². The van der Waals surface area contributed by atoms with Crippen LogP contribution in [0, 0.1) is 17.5 Å². The van der Waals surface area contributed by atoms with E-state index < -0.39 is 23.4 Å². The van der Waals surface area contributed by atoms with Gasteiger partial charge in [-0.3, -0.25) is 4.79 Å². The molecule has 29 heavy (non-hydrogen) atoms. The number of carbonyl (C=O) groups excluding carboxylic acids is 1. The molecule has 3 nitrogen and oxygen atoms in total. The molecule has 1 amide bonds. The maximum atomic E-state index is 14.4. The Bertz CT molecular complexity index is 1270. The Labute approximate surface area is 165 Å². The van der Waals surface area contributed by atoms with E-state index in [1.54, 1.807) is 22.8 Å². The van der Waals surface area contributed by atoms with Crippen LogP contribution in [0.1, 0.15) is 41.3 Å². The van der Waals surface area contributed by atoms with Gasteiger partial charge < -0.3 is 10.3 Å². The van der Waals surface area contributed by atoms with Crippen molar-refractivity contribution in [2.45, 2.75) is 26.3 Å². The summed E-state index contributed by atoms with van der Waals surface area (Å²) in [5.74, 6) is -4.26. The number of carbonyl (C=O) groups is 1. The average molecular weight is 396 g/mol. The van der Waals surface area contributed by atoms with Crippen LogP contribution in [-0.2, 0) is 6.54 Å². The molecule has 4 aromatic rings. The summed E-state index contributed by atoms with van der Waals surface area (Å²) in [4.78, 5) is 12.0. The summed E-state index contributed by atoms with van der Waals surface area (Å²) in [7, 11) is 0. The molecule has 1 heterocycles. The molecule has 0 saturated carbocycles. The first kappa shape index (κ1) is 19.1. The molecule has 0 radical (unpaired) electrons. The van der Waals surface area contributed by atoms with E-state index in [4.69, 9.17) is 5.73 Å². The molecule has 0 unspecified atom stereocenters. The van der Waals surface area contributed by atoms with Crippen LogP contribution in [0.25, 0.3) is 21.8 Å². The van der Waals surface area contributed by atoms with E-state index in [1.165, 1.54) is 6.07 Å². The van der Waals surface area contributed by atoms with Gasteiger partial charge in [0.2, 0.25) is 5.91 Å². The minimum absolute atomic E-state index is 0.0159. The Hall–Kier alpha value is -3.28. The third-order valence-electron chi connectivity index (χ3n) is 5.29. The SMILES string of the molecule is CC(C)c1ccc2c3c(C(N)=O)cccc3n(Cc3ccc(F)c(F)c3F)c2c1. The van der Waals surface area contributed by atoms with Crippen LogP contribution in [0.4, 0.5) is 13.2 Å². The van der Waals surface area contributed by atoms with Crippen LogP contribution in [0.3, 0.4) is 0 Å². The number of nitrogens with zero attached hydrogens (tertiary/aromatic N) is 1. The minimum atomic E-state index is -1.50. The third kappa shape index (κ3) is 3.05. The van der Waals surface area contributed by atoms with Crippen molar-refractivity contribution in [3.8, 4) is 0 Å². The molecular formula is C23H19F3N2O. The molecule has 0 aliphatic rings. The van der Waals surface area contributed by atoms with Crippen molar-refractivity contribution in [1.29, 1.82) is 0 Å². The first-order valence-corrected chi connectivity index (χ1v) is 9.26. The van der Waals surface area contributed by atoms with Gasteiger partial charge in [-0.05, 0) is 35.7 Å². The molecular weight excluding hydrogens is 377 g/mol. The lowest BCUT2D eigenvalue weighted by atomic mass is 10.00.